The van der Waals surface area contributed by atoms with Crippen LogP contribution in [0.15, 0.2) is 17.6 Å². The van der Waals surface area contributed by atoms with Crippen molar-refractivity contribution in [2.24, 2.45) is 5.92 Å². The monoisotopic (exact) mass is 240 g/mol. The minimum atomic E-state index is -4.73. The largest absolute Gasteiger partial charge is 0.481 e. The van der Waals surface area contributed by atoms with Crippen LogP contribution in [0.3, 0.4) is 0 Å². The van der Waals surface area contributed by atoms with Gasteiger partial charge in [-0.2, -0.15) is 13.2 Å². The van der Waals surface area contributed by atoms with Crippen LogP contribution in [0.5, 0.6) is 0 Å². The number of rotatable bonds is 4. The van der Waals surface area contributed by atoms with E-state index in [-0.39, 0.29) is 5.16 Å². The van der Waals surface area contributed by atoms with Crippen molar-refractivity contribution >= 4 is 17.7 Å². The molecule has 0 saturated heterocycles. The van der Waals surface area contributed by atoms with Gasteiger partial charge in [0, 0.05) is 18.1 Å². The number of imidazole rings is 1. The lowest BCUT2D eigenvalue weighted by molar-refractivity contribution is -0.188. The lowest BCUT2D eigenvalue weighted by Crippen LogP contribution is -2.32. The van der Waals surface area contributed by atoms with Gasteiger partial charge in [0.1, 0.15) is 0 Å². The summed E-state index contributed by atoms with van der Waals surface area (Å²) < 4.78 is 36.5. The van der Waals surface area contributed by atoms with Gasteiger partial charge in [-0.15, -0.1) is 0 Å². The molecule has 4 nitrogen and oxygen atoms in total. The summed E-state index contributed by atoms with van der Waals surface area (Å²) in [5.74, 6) is -4.83. The number of nitrogens with zero attached hydrogens (tertiary/aromatic N) is 1. The highest BCUT2D eigenvalue weighted by atomic mass is 32.2. The fourth-order valence-electron chi connectivity index (χ4n) is 0.798. The molecule has 0 radical (unpaired) electrons. The number of hydrogen-bond donors (Lipinski definition) is 2. The molecule has 2 N–H and O–H groups in total. The van der Waals surface area contributed by atoms with Crippen LogP contribution >= 0.6 is 11.8 Å². The third-order valence-corrected chi connectivity index (χ3v) is 2.55. The van der Waals surface area contributed by atoms with Crippen molar-refractivity contribution in [3.63, 3.8) is 0 Å². The molecule has 0 amide bonds. The van der Waals surface area contributed by atoms with Crippen molar-refractivity contribution < 1.29 is 23.1 Å². The molecule has 84 valence electrons. The third kappa shape index (κ3) is 3.46. The smallest absolute Gasteiger partial charge is 0.403 e. The molecule has 1 aromatic rings. The van der Waals surface area contributed by atoms with E-state index in [1.54, 1.807) is 0 Å². The van der Waals surface area contributed by atoms with E-state index in [9.17, 15) is 18.0 Å². The van der Waals surface area contributed by atoms with E-state index in [4.69, 9.17) is 5.11 Å². The van der Waals surface area contributed by atoms with Crippen LogP contribution in [-0.2, 0) is 4.79 Å². The van der Waals surface area contributed by atoms with Gasteiger partial charge in [-0.05, 0) is 0 Å². The molecule has 0 spiro atoms. The quantitative estimate of drug-likeness (QED) is 0.787. The van der Waals surface area contributed by atoms with Crippen molar-refractivity contribution in [1.82, 2.24) is 9.97 Å². The Labute approximate surface area is 86.9 Å². The highest BCUT2D eigenvalue weighted by Crippen LogP contribution is 2.30. The zero-order chi connectivity index (χ0) is 11.5. The molecule has 0 bridgehead atoms. The second kappa shape index (κ2) is 4.56. The molecular formula is C7H7F3N2O2S. The Morgan fingerprint density at radius 2 is 2.33 bits per heavy atom. The normalized spacial score (nSPS) is 13.8. The van der Waals surface area contributed by atoms with Gasteiger partial charge in [0.2, 0.25) is 0 Å². The summed E-state index contributed by atoms with van der Waals surface area (Å²) in [5, 5.41) is 8.64. The van der Waals surface area contributed by atoms with E-state index in [1.807, 2.05) is 0 Å². The van der Waals surface area contributed by atoms with Crippen LogP contribution in [0, 0.1) is 5.92 Å². The van der Waals surface area contributed by atoms with Crippen LogP contribution in [0.25, 0.3) is 0 Å². The number of H-pyrrole nitrogens is 1. The summed E-state index contributed by atoms with van der Waals surface area (Å²) in [6, 6.07) is 0. The number of aromatic nitrogens is 2. The molecule has 0 aliphatic rings. The molecule has 8 heteroatoms. The number of aliphatic carboxylic acids is 1. The Hall–Kier alpha value is -1.18. The van der Waals surface area contributed by atoms with Gasteiger partial charge in [0.05, 0.1) is 0 Å². The second-order valence-electron chi connectivity index (χ2n) is 2.64. The molecule has 1 heterocycles. The maximum atomic E-state index is 12.2. The fraction of sp³-hybridized carbons (Fsp3) is 0.429. The number of carboxylic acid groups (broad SMARTS) is 1. The molecule has 0 fully saturated rings. The van der Waals surface area contributed by atoms with Crippen molar-refractivity contribution in [3.05, 3.63) is 12.4 Å². The molecule has 1 atom stereocenters. The molecule has 0 aromatic carbocycles. The number of alkyl halides is 3. The molecule has 1 aromatic heterocycles. The summed E-state index contributed by atoms with van der Waals surface area (Å²) in [7, 11) is 0. The molecule has 1 unspecified atom stereocenters. The van der Waals surface area contributed by atoms with Crippen LogP contribution in [0.1, 0.15) is 0 Å². The van der Waals surface area contributed by atoms with Gasteiger partial charge in [0.25, 0.3) is 0 Å². The topological polar surface area (TPSA) is 66.0 Å². The Kier molecular flexibility index (Phi) is 3.61. The van der Waals surface area contributed by atoms with Gasteiger partial charge < -0.3 is 10.1 Å². The van der Waals surface area contributed by atoms with Crippen LogP contribution < -0.4 is 0 Å². The van der Waals surface area contributed by atoms with E-state index >= 15 is 0 Å². The first-order valence-corrected chi connectivity index (χ1v) is 4.81. The van der Waals surface area contributed by atoms with Crippen molar-refractivity contribution in [2.45, 2.75) is 11.3 Å². The lowest BCUT2D eigenvalue weighted by Gasteiger charge is -2.14. The maximum Gasteiger partial charge on any atom is 0.403 e. The summed E-state index contributed by atoms with van der Waals surface area (Å²) >= 11 is 0.723. The molecule has 15 heavy (non-hydrogen) atoms. The average Bonchev–Trinajstić information content (AvgIpc) is 2.53. The van der Waals surface area contributed by atoms with Crippen molar-refractivity contribution in [1.29, 1.82) is 0 Å². The fourth-order valence-corrected chi connectivity index (χ4v) is 1.74. The molecule has 0 saturated carbocycles. The van der Waals surface area contributed by atoms with E-state index < -0.39 is 23.8 Å². The summed E-state index contributed by atoms with van der Waals surface area (Å²) in [4.78, 5) is 16.6. The Morgan fingerprint density at radius 3 is 2.73 bits per heavy atom. The van der Waals surface area contributed by atoms with E-state index in [0.717, 1.165) is 11.8 Å². The Balaban J connectivity index is 2.57. The summed E-state index contributed by atoms with van der Waals surface area (Å²) in [5.41, 5.74) is 0. The van der Waals surface area contributed by atoms with E-state index in [0.29, 0.717) is 0 Å². The Morgan fingerprint density at radius 1 is 1.67 bits per heavy atom. The predicted octanol–water partition coefficient (Wildman–Crippen LogP) is 1.76. The first-order chi connectivity index (χ1) is 6.91. The van der Waals surface area contributed by atoms with Gasteiger partial charge in [0.15, 0.2) is 11.1 Å². The average molecular weight is 240 g/mol. The molecular weight excluding hydrogens is 233 g/mol. The first kappa shape index (κ1) is 11.9. The summed E-state index contributed by atoms with van der Waals surface area (Å²) in [6.07, 6.45) is -1.90. The number of aromatic amines is 1. The molecule has 0 aliphatic heterocycles. The zero-order valence-corrected chi connectivity index (χ0v) is 8.10. The van der Waals surface area contributed by atoms with E-state index in [1.165, 1.54) is 12.4 Å². The number of carbonyl (C=O) groups is 1. The first-order valence-electron chi connectivity index (χ1n) is 3.83. The number of halogens is 3. The maximum absolute atomic E-state index is 12.2. The van der Waals surface area contributed by atoms with Crippen molar-refractivity contribution in [2.75, 3.05) is 5.75 Å². The second-order valence-corrected chi connectivity index (χ2v) is 3.65. The predicted molar refractivity (Wildman–Crippen MR) is 46.5 cm³/mol. The lowest BCUT2D eigenvalue weighted by atomic mass is 10.2. The number of hydrogen-bond acceptors (Lipinski definition) is 3. The SMILES string of the molecule is O=C(O)C(CSc1ncc[nH]1)C(F)(F)F. The summed E-state index contributed by atoms with van der Waals surface area (Å²) in [6.45, 7) is 0. The van der Waals surface area contributed by atoms with Gasteiger partial charge in [-0.3, -0.25) is 4.79 Å². The number of carboxylic acids is 1. The highest BCUT2D eigenvalue weighted by molar-refractivity contribution is 7.99. The standard InChI is InChI=1S/C7H7F3N2O2S/c8-7(9,10)4(5(13)14)3-15-6-11-1-2-12-6/h1-2,4H,3H2,(H,11,12)(H,13,14). The third-order valence-electron chi connectivity index (χ3n) is 1.55. The number of thioether (sulfide) groups is 1. The van der Waals surface area contributed by atoms with Gasteiger partial charge in [-0.1, -0.05) is 11.8 Å². The minimum Gasteiger partial charge on any atom is -0.481 e. The molecule has 1 rings (SSSR count). The van der Waals surface area contributed by atoms with E-state index in [2.05, 4.69) is 9.97 Å². The van der Waals surface area contributed by atoms with Gasteiger partial charge in [-0.25, -0.2) is 4.98 Å². The number of nitrogens with one attached hydrogen (secondary N) is 1. The minimum absolute atomic E-state index is 0.269. The Bertz CT molecular complexity index is 325. The van der Waals surface area contributed by atoms with Crippen LogP contribution in [0.4, 0.5) is 13.2 Å². The van der Waals surface area contributed by atoms with Crippen LogP contribution in [-0.4, -0.2) is 33.0 Å². The van der Waals surface area contributed by atoms with Crippen molar-refractivity contribution in [3.8, 4) is 0 Å². The van der Waals surface area contributed by atoms with Crippen LogP contribution in [0.2, 0.25) is 0 Å². The highest BCUT2D eigenvalue weighted by Gasteiger charge is 2.45. The molecule has 0 aliphatic carbocycles. The zero-order valence-electron chi connectivity index (χ0n) is 7.28. The van der Waals surface area contributed by atoms with Gasteiger partial charge >= 0.3 is 12.1 Å².